The highest BCUT2D eigenvalue weighted by molar-refractivity contribution is 5.90. The molecule has 0 aromatic rings. The topological polar surface area (TPSA) is 185 Å². The van der Waals surface area contributed by atoms with Crippen LogP contribution >= 0.6 is 0 Å². The number of ether oxygens (including phenoxy) is 1. The molecule has 0 spiro atoms. The number of nitrogens with one attached hydrogen (secondary N) is 2. The van der Waals surface area contributed by atoms with E-state index in [-0.39, 0.29) is 19.3 Å². The standard InChI is InChI=1S/C15H25N3O8/c1-2-3-4-13(22)26-8-10(14(23)17-7-12(20)21)18-11(19)6-5-9(16)15(24)25/h9-10H,2-8,16H2,1H3,(H,17,23)(H,18,19)(H,20,21)(H,24,25)/t9-,10-/m0/s1. The lowest BCUT2D eigenvalue weighted by molar-refractivity contribution is -0.147. The van der Waals surface area contributed by atoms with Gasteiger partial charge in [-0.25, -0.2) is 0 Å². The third kappa shape index (κ3) is 11.0. The highest BCUT2D eigenvalue weighted by atomic mass is 16.5. The molecule has 11 nitrogen and oxygen atoms in total. The van der Waals surface area contributed by atoms with Crippen LogP contribution < -0.4 is 16.4 Å². The molecule has 2 atom stereocenters. The van der Waals surface area contributed by atoms with Crippen molar-refractivity contribution in [1.82, 2.24) is 10.6 Å². The van der Waals surface area contributed by atoms with Crippen LogP contribution in [-0.4, -0.2) is 65.2 Å². The van der Waals surface area contributed by atoms with Crippen molar-refractivity contribution in [2.75, 3.05) is 13.2 Å². The molecule has 0 rings (SSSR count). The Balaban J connectivity index is 4.67. The molecule has 11 heteroatoms. The van der Waals surface area contributed by atoms with E-state index in [1.54, 1.807) is 0 Å². The van der Waals surface area contributed by atoms with Crippen LogP contribution in [0.2, 0.25) is 0 Å². The summed E-state index contributed by atoms with van der Waals surface area (Å²) in [5.41, 5.74) is 5.29. The Bertz CT molecular complexity index is 523. The third-order valence-corrected chi connectivity index (χ3v) is 3.21. The molecule has 148 valence electrons. The van der Waals surface area contributed by atoms with Crippen LogP contribution in [0.3, 0.4) is 0 Å². The van der Waals surface area contributed by atoms with Gasteiger partial charge in [0.25, 0.3) is 0 Å². The number of hydrogen-bond donors (Lipinski definition) is 5. The van der Waals surface area contributed by atoms with Crippen LogP contribution in [0.4, 0.5) is 0 Å². The van der Waals surface area contributed by atoms with Crippen LogP contribution in [0, 0.1) is 0 Å². The van der Waals surface area contributed by atoms with Crippen molar-refractivity contribution in [3.05, 3.63) is 0 Å². The third-order valence-electron chi connectivity index (χ3n) is 3.21. The van der Waals surface area contributed by atoms with Crippen LogP contribution in [0.15, 0.2) is 0 Å². The lowest BCUT2D eigenvalue weighted by atomic mass is 10.1. The molecule has 0 aliphatic heterocycles. The fourth-order valence-electron chi connectivity index (χ4n) is 1.71. The summed E-state index contributed by atoms with van der Waals surface area (Å²) in [7, 11) is 0. The highest BCUT2D eigenvalue weighted by Gasteiger charge is 2.24. The van der Waals surface area contributed by atoms with E-state index < -0.39 is 55.0 Å². The molecule has 0 bridgehead atoms. The molecule has 0 fully saturated rings. The minimum atomic E-state index is -1.30. The van der Waals surface area contributed by atoms with Gasteiger partial charge in [-0.15, -0.1) is 0 Å². The van der Waals surface area contributed by atoms with Gasteiger partial charge in [0.2, 0.25) is 11.8 Å². The van der Waals surface area contributed by atoms with E-state index >= 15 is 0 Å². The molecule has 0 radical (unpaired) electrons. The minimum absolute atomic E-state index is 0.152. The van der Waals surface area contributed by atoms with Gasteiger partial charge in [-0.3, -0.25) is 24.0 Å². The zero-order valence-electron chi connectivity index (χ0n) is 14.5. The minimum Gasteiger partial charge on any atom is -0.480 e. The van der Waals surface area contributed by atoms with E-state index in [1.807, 2.05) is 6.92 Å². The monoisotopic (exact) mass is 375 g/mol. The second-order valence-electron chi connectivity index (χ2n) is 5.50. The van der Waals surface area contributed by atoms with E-state index in [1.165, 1.54) is 0 Å². The Morgan fingerprint density at radius 3 is 2.31 bits per heavy atom. The van der Waals surface area contributed by atoms with Gasteiger partial charge in [-0.2, -0.15) is 0 Å². The summed E-state index contributed by atoms with van der Waals surface area (Å²) >= 11 is 0. The van der Waals surface area contributed by atoms with E-state index in [0.29, 0.717) is 6.42 Å². The van der Waals surface area contributed by atoms with Crippen molar-refractivity contribution in [3.63, 3.8) is 0 Å². The number of amides is 2. The van der Waals surface area contributed by atoms with Gasteiger partial charge in [0, 0.05) is 12.8 Å². The van der Waals surface area contributed by atoms with Gasteiger partial charge >= 0.3 is 17.9 Å². The van der Waals surface area contributed by atoms with Gasteiger partial charge in [0.15, 0.2) is 0 Å². The zero-order chi connectivity index (χ0) is 20.1. The van der Waals surface area contributed by atoms with Gasteiger partial charge in [0.1, 0.15) is 25.2 Å². The Hall–Kier alpha value is -2.69. The molecule has 2 amide bonds. The molecule has 0 aromatic carbocycles. The van der Waals surface area contributed by atoms with Crippen molar-refractivity contribution in [2.24, 2.45) is 5.73 Å². The van der Waals surface area contributed by atoms with E-state index in [4.69, 9.17) is 20.7 Å². The quantitative estimate of drug-likeness (QED) is 0.241. The zero-order valence-corrected chi connectivity index (χ0v) is 14.5. The number of nitrogens with two attached hydrogens (primary N) is 1. The van der Waals surface area contributed by atoms with Crippen molar-refractivity contribution in [3.8, 4) is 0 Å². The Kier molecular flexibility index (Phi) is 11.3. The second-order valence-corrected chi connectivity index (χ2v) is 5.50. The van der Waals surface area contributed by atoms with Gasteiger partial charge in [-0.05, 0) is 12.8 Å². The van der Waals surface area contributed by atoms with E-state index in [2.05, 4.69) is 10.6 Å². The maximum Gasteiger partial charge on any atom is 0.322 e. The summed E-state index contributed by atoms with van der Waals surface area (Å²) in [5, 5.41) is 21.6. The first kappa shape index (κ1) is 23.3. The normalized spacial score (nSPS) is 12.5. The number of carboxylic acid groups (broad SMARTS) is 2. The summed E-state index contributed by atoms with van der Waals surface area (Å²) in [6, 6.07) is -2.53. The fraction of sp³-hybridized carbons (Fsp3) is 0.667. The maximum absolute atomic E-state index is 12.0. The summed E-state index contributed by atoms with van der Waals surface area (Å²) in [5.74, 6) is -4.62. The van der Waals surface area contributed by atoms with Crippen molar-refractivity contribution in [1.29, 1.82) is 0 Å². The molecule has 0 aromatic heterocycles. The average molecular weight is 375 g/mol. The van der Waals surface area contributed by atoms with Crippen molar-refractivity contribution in [2.45, 2.75) is 51.1 Å². The maximum atomic E-state index is 12.0. The predicted octanol–water partition coefficient (Wildman–Crippen LogP) is -1.40. The number of carbonyl (C=O) groups is 5. The Morgan fingerprint density at radius 2 is 1.77 bits per heavy atom. The smallest absolute Gasteiger partial charge is 0.322 e. The number of unbranched alkanes of at least 4 members (excludes halogenated alkanes) is 1. The van der Waals surface area contributed by atoms with Crippen molar-refractivity contribution >= 4 is 29.7 Å². The summed E-state index contributed by atoms with van der Waals surface area (Å²) in [6.45, 7) is 0.751. The summed E-state index contributed by atoms with van der Waals surface area (Å²) < 4.78 is 4.92. The number of carbonyl (C=O) groups excluding carboxylic acids is 3. The Labute approximate surface area is 150 Å². The molecule has 26 heavy (non-hydrogen) atoms. The molecule has 6 N–H and O–H groups in total. The van der Waals surface area contributed by atoms with Crippen LogP contribution in [0.5, 0.6) is 0 Å². The van der Waals surface area contributed by atoms with Crippen LogP contribution in [0.1, 0.15) is 39.0 Å². The molecule has 0 unspecified atom stereocenters. The fourth-order valence-corrected chi connectivity index (χ4v) is 1.71. The highest BCUT2D eigenvalue weighted by Crippen LogP contribution is 2.00. The summed E-state index contributed by atoms with van der Waals surface area (Å²) in [6.07, 6.45) is 1.12. The SMILES string of the molecule is CCCCC(=O)OC[C@H](NC(=O)CC[C@H](N)C(=O)O)C(=O)NCC(=O)O. The first-order valence-corrected chi connectivity index (χ1v) is 8.10. The predicted molar refractivity (Wildman–Crippen MR) is 87.9 cm³/mol. The van der Waals surface area contributed by atoms with E-state index in [9.17, 15) is 24.0 Å². The molecule has 0 heterocycles. The summed E-state index contributed by atoms with van der Waals surface area (Å²) in [4.78, 5) is 56.5. The van der Waals surface area contributed by atoms with E-state index in [0.717, 1.165) is 6.42 Å². The molecule has 0 aliphatic rings. The lowest BCUT2D eigenvalue weighted by Crippen LogP contribution is -2.50. The Morgan fingerprint density at radius 1 is 1.12 bits per heavy atom. The molecule has 0 aliphatic carbocycles. The average Bonchev–Trinajstić information content (AvgIpc) is 2.58. The number of rotatable bonds is 13. The molecular weight excluding hydrogens is 350 g/mol. The van der Waals surface area contributed by atoms with Crippen molar-refractivity contribution < 1.29 is 38.9 Å². The van der Waals surface area contributed by atoms with Gasteiger partial charge < -0.3 is 31.3 Å². The number of carboxylic acids is 2. The lowest BCUT2D eigenvalue weighted by Gasteiger charge is -2.18. The van der Waals surface area contributed by atoms with Crippen LogP contribution in [0.25, 0.3) is 0 Å². The number of esters is 1. The molecule has 0 saturated heterocycles. The number of aliphatic carboxylic acids is 2. The van der Waals surface area contributed by atoms with Crippen LogP contribution in [-0.2, 0) is 28.7 Å². The number of hydrogen-bond acceptors (Lipinski definition) is 7. The van der Waals surface area contributed by atoms with Gasteiger partial charge in [-0.1, -0.05) is 13.3 Å². The van der Waals surface area contributed by atoms with Gasteiger partial charge in [0.05, 0.1) is 0 Å². The molecular formula is C15H25N3O8. The first-order valence-electron chi connectivity index (χ1n) is 8.10. The first-order chi connectivity index (χ1) is 12.2. The molecule has 0 saturated carbocycles. The second kappa shape index (κ2) is 12.6. The largest absolute Gasteiger partial charge is 0.480 e.